The number of hydrogen-bond donors (Lipinski definition) is 4. The van der Waals surface area contributed by atoms with Crippen LogP contribution in [0.5, 0.6) is 0 Å². The molecule has 0 spiro atoms. The van der Waals surface area contributed by atoms with Crippen LogP contribution in [0.1, 0.15) is 66.1 Å². The van der Waals surface area contributed by atoms with E-state index in [1.807, 2.05) is 0 Å². The molecule has 1 atom stereocenters. The summed E-state index contributed by atoms with van der Waals surface area (Å²) in [7, 11) is 0. The zero-order valence-corrected chi connectivity index (χ0v) is 20.4. The molecule has 0 saturated heterocycles. The molecule has 0 radical (unpaired) electrons. The molecule has 1 saturated carbocycles. The summed E-state index contributed by atoms with van der Waals surface area (Å²) in [6.45, 7) is 1.32. The van der Waals surface area contributed by atoms with Crippen LogP contribution < -0.4 is 10.6 Å². The lowest BCUT2D eigenvalue weighted by Crippen LogP contribution is -2.42. The average molecular weight is 515 g/mol. The zero-order valence-electron chi connectivity index (χ0n) is 20.4. The summed E-state index contributed by atoms with van der Waals surface area (Å²) in [5, 5.41) is 33.7. The second kappa shape index (κ2) is 11.6. The van der Waals surface area contributed by atoms with Gasteiger partial charge < -0.3 is 21.1 Å². The number of carbonyl (C=O) groups excluding carboxylic acids is 2. The number of aliphatic hydroxyl groups is 1. The van der Waals surface area contributed by atoms with Crippen LogP contribution in [0.15, 0.2) is 48.5 Å². The molecule has 0 heterocycles. The van der Waals surface area contributed by atoms with Crippen molar-refractivity contribution in [3.63, 3.8) is 0 Å². The fourth-order valence-corrected chi connectivity index (χ4v) is 4.58. The number of carbonyl (C=O) groups is 2. The number of nitrogens with one attached hydrogen (secondary N) is 3. The Morgan fingerprint density at radius 2 is 1.86 bits per heavy atom. The van der Waals surface area contributed by atoms with Gasteiger partial charge in [0.1, 0.15) is 0 Å². The molecule has 0 bridgehead atoms. The monoisotopic (exact) mass is 514 g/mol. The number of hydrogen-bond acceptors (Lipinski definition) is 5. The number of benzene rings is 2. The first-order valence-electron chi connectivity index (χ1n) is 12.0. The van der Waals surface area contributed by atoms with E-state index in [0.29, 0.717) is 48.9 Å². The maximum absolute atomic E-state index is 12.8. The Hall–Kier alpha value is -3.71. The van der Waals surface area contributed by atoms with Gasteiger partial charge in [-0.3, -0.25) is 9.59 Å². The molecule has 37 heavy (non-hydrogen) atoms. The second-order valence-electron chi connectivity index (χ2n) is 9.46. The van der Waals surface area contributed by atoms with Gasteiger partial charge in [-0.25, -0.2) is 0 Å². The van der Waals surface area contributed by atoms with Crippen LogP contribution in [0.2, 0.25) is 0 Å². The normalized spacial score (nSPS) is 20.4. The lowest BCUT2D eigenvalue weighted by atomic mass is 9.73. The van der Waals surface area contributed by atoms with Gasteiger partial charge in [0.2, 0.25) is 5.91 Å². The van der Waals surface area contributed by atoms with Gasteiger partial charge in [0.05, 0.1) is 29.3 Å². The molecule has 1 aliphatic rings. The lowest BCUT2D eigenvalue weighted by molar-refractivity contribution is -0.137. The van der Waals surface area contributed by atoms with Crippen LogP contribution in [0.3, 0.4) is 0 Å². The predicted molar refractivity (Wildman–Crippen MR) is 131 cm³/mol. The maximum atomic E-state index is 12.8. The molecule has 10 heteroatoms. The Labute approximate surface area is 213 Å². The van der Waals surface area contributed by atoms with Crippen LogP contribution in [-0.4, -0.2) is 35.2 Å². The molecule has 7 nitrogen and oxygen atoms in total. The van der Waals surface area contributed by atoms with Crippen LogP contribution in [0.25, 0.3) is 0 Å². The third-order valence-electron chi connectivity index (χ3n) is 6.63. The van der Waals surface area contributed by atoms with Crippen molar-refractivity contribution in [3.8, 4) is 6.07 Å². The van der Waals surface area contributed by atoms with E-state index < -0.39 is 41.7 Å². The molecule has 1 aliphatic carbocycles. The van der Waals surface area contributed by atoms with Crippen molar-refractivity contribution in [2.24, 2.45) is 5.92 Å². The molecule has 3 rings (SSSR count). The summed E-state index contributed by atoms with van der Waals surface area (Å²) in [5.74, 6) is -1.35. The number of nitriles is 1. The maximum Gasteiger partial charge on any atom is 0.416 e. The third-order valence-corrected chi connectivity index (χ3v) is 6.63. The highest BCUT2D eigenvalue weighted by Gasteiger charge is 2.36. The Bertz CT molecular complexity index is 1200. The van der Waals surface area contributed by atoms with Gasteiger partial charge in [-0.15, -0.1) is 0 Å². The Morgan fingerprint density at radius 1 is 1.19 bits per heavy atom. The molecule has 196 valence electrons. The van der Waals surface area contributed by atoms with Gasteiger partial charge >= 0.3 is 6.18 Å². The minimum atomic E-state index is -4.58. The number of alkyl halides is 3. The van der Waals surface area contributed by atoms with E-state index in [9.17, 15) is 27.9 Å². The fraction of sp³-hybridized carbons (Fsp3) is 0.407. The summed E-state index contributed by atoms with van der Waals surface area (Å²) in [6.07, 6.45) is -2.18. The summed E-state index contributed by atoms with van der Waals surface area (Å²) in [5.41, 5.74) is -0.557. The Balaban J connectivity index is 1.44. The molecule has 4 N–H and O–H groups in total. The molecule has 2 amide bonds. The topological polar surface area (TPSA) is 126 Å². The van der Waals surface area contributed by atoms with E-state index in [0.717, 1.165) is 18.2 Å². The fourth-order valence-electron chi connectivity index (χ4n) is 4.58. The number of halogens is 3. The number of rotatable bonds is 8. The van der Waals surface area contributed by atoms with Crippen LogP contribution in [0.4, 0.5) is 13.2 Å². The first-order valence-corrected chi connectivity index (χ1v) is 12.0. The molecule has 0 aromatic heterocycles. The van der Waals surface area contributed by atoms with Crippen LogP contribution in [0, 0.1) is 22.7 Å². The Morgan fingerprint density at radius 3 is 2.51 bits per heavy atom. The highest BCUT2D eigenvalue weighted by Crippen LogP contribution is 2.40. The van der Waals surface area contributed by atoms with Crippen molar-refractivity contribution in [1.29, 1.82) is 10.7 Å². The Kier molecular flexibility index (Phi) is 8.71. The molecule has 0 aliphatic heterocycles. The van der Waals surface area contributed by atoms with Crippen molar-refractivity contribution >= 4 is 17.5 Å². The van der Waals surface area contributed by atoms with Crippen molar-refractivity contribution in [1.82, 2.24) is 10.6 Å². The average Bonchev–Trinajstić information content (AvgIpc) is 2.87. The largest absolute Gasteiger partial charge is 0.416 e. The molecule has 0 unspecified atom stereocenters. The summed E-state index contributed by atoms with van der Waals surface area (Å²) in [4.78, 5) is 24.4. The standard InChI is InChI=1S/C27H29F3N4O3/c1-17(34-24(35)16-33-25(36)20-5-3-7-22(14-20)27(28,29)30)12-23(32)19-8-10-26(37,11-9-19)21-6-2-4-18(13-21)15-31/h2-7,13-14,17,19,32,37H,8-12,16H2,1H3,(H,33,36)(H,34,35)/t17-,19?,26?/m1/s1. The van der Waals surface area contributed by atoms with E-state index in [1.54, 1.807) is 31.2 Å². The van der Waals surface area contributed by atoms with E-state index in [1.165, 1.54) is 6.07 Å². The molecular weight excluding hydrogens is 485 g/mol. The van der Waals surface area contributed by atoms with Crippen molar-refractivity contribution in [2.75, 3.05) is 6.54 Å². The van der Waals surface area contributed by atoms with E-state index in [2.05, 4.69) is 16.7 Å². The van der Waals surface area contributed by atoms with E-state index in [-0.39, 0.29) is 11.5 Å². The number of amides is 2. The quantitative estimate of drug-likeness (QED) is 0.392. The minimum Gasteiger partial charge on any atom is -0.385 e. The van der Waals surface area contributed by atoms with Gasteiger partial charge in [-0.2, -0.15) is 18.4 Å². The lowest BCUT2D eigenvalue weighted by Gasteiger charge is -2.37. The van der Waals surface area contributed by atoms with Crippen molar-refractivity contribution in [2.45, 2.75) is 56.8 Å². The summed E-state index contributed by atoms with van der Waals surface area (Å²) < 4.78 is 38.5. The number of nitrogens with zero attached hydrogens (tertiary/aromatic N) is 1. The molecule has 2 aromatic carbocycles. The van der Waals surface area contributed by atoms with Gasteiger partial charge in [0.15, 0.2) is 0 Å². The van der Waals surface area contributed by atoms with Gasteiger partial charge in [-0.1, -0.05) is 18.2 Å². The van der Waals surface area contributed by atoms with E-state index >= 15 is 0 Å². The smallest absolute Gasteiger partial charge is 0.385 e. The van der Waals surface area contributed by atoms with Crippen LogP contribution in [-0.2, 0) is 16.6 Å². The van der Waals surface area contributed by atoms with Gasteiger partial charge in [-0.05, 0) is 74.4 Å². The molecule has 1 fully saturated rings. The zero-order chi connectivity index (χ0) is 27.2. The first kappa shape index (κ1) is 27.9. The third kappa shape index (κ3) is 7.40. The SMILES string of the molecule is C[C@H](CC(=N)C1CCC(O)(c2cccc(C#N)c2)CC1)NC(=O)CNC(=O)c1cccc(C(F)(F)F)c1. The van der Waals surface area contributed by atoms with Crippen molar-refractivity contribution < 1.29 is 27.9 Å². The highest BCUT2D eigenvalue weighted by molar-refractivity contribution is 5.96. The summed E-state index contributed by atoms with van der Waals surface area (Å²) >= 11 is 0. The van der Waals surface area contributed by atoms with Gasteiger partial charge in [0, 0.05) is 23.7 Å². The van der Waals surface area contributed by atoms with Crippen molar-refractivity contribution in [3.05, 3.63) is 70.8 Å². The second-order valence-corrected chi connectivity index (χ2v) is 9.46. The molecular formula is C27H29F3N4O3. The highest BCUT2D eigenvalue weighted by atomic mass is 19.4. The predicted octanol–water partition coefficient (Wildman–Crippen LogP) is 4.30. The summed E-state index contributed by atoms with van der Waals surface area (Å²) in [6, 6.07) is 12.5. The molecule has 2 aromatic rings. The minimum absolute atomic E-state index is 0.0422. The first-order chi connectivity index (χ1) is 17.4. The van der Waals surface area contributed by atoms with Gasteiger partial charge in [0.25, 0.3) is 5.91 Å². The van der Waals surface area contributed by atoms with E-state index in [4.69, 9.17) is 10.7 Å². The van der Waals surface area contributed by atoms with Crippen LogP contribution >= 0.6 is 0 Å².